The largest absolute Gasteiger partial charge is 0.379 e. The second-order valence-electron chi connectivity index (χ2n) is 15.1. The summed E-state index contributed by atoms with van der Waals surface area (Å²) in [6.45, 7) is 12.4. The third-order valence-electron chi connectivity index (χ3n) is 9.05. The van der Waals surface area contributed by atoms with Gasteiger partial charge >= 0.3 is 0 Å². The molecule has 0 aliphatic heterocycles. The number of carbonyl (C=O) groups excluding carboxylic acids is 5. The zero-order valence-corrected chi connectivity index (χ0v) is 40.1. The number of hydrogen-bond acceptors (Lipinski definition) is 12. The van der Waals surface area contributed by atoms with E-state index < -0.39 is 6.04 Å². The van der Waals surface area contributed by atoms with E-state index in [0.717, 1.165) is 12.8 Å². The molecule has 5 N–H and O–H groups in total. The lowest BCUT2D eigenvalue weighted by Gasteiger charge is -2.19. The van der Waals surface area contributed by atoms with Crippen LogP contribution in [0, 0.1) is 0 Å². The first-order valence-corrected chi connectivity index (χ1v) is 25.3. The van der Waals surface area contributed by atoms with Crippen LogP contribution in [0.2, 0.25) is 0 Å². The first-order chi connectivity index (χ1) is 29.0. The van der Waals surface area contributed by atoms with Crippen molar-refractivity contribution in [3.63, 3.8) is 0 Å². The Morgan fingerprint density at radius 3 is 1.45 bits per heavy atom. The molecule has 352 valence electrons. The molecule has 0 rings (SSSR count). The van der Waals surface area contributed by atoms with Crippen LogP contribution < -0.4 is 26.6 Å². The third kappa shape index (κ3) is 42.9. The molecule has 0 aromatic heterocycles. The Hall–Kier alpha value is -1.76. The number of ether oxygens (including phenoxy) is 4. The van der Waals surface area contributed by atoms with Crippen LogP contribution in [0.4, 0.5) is 0 Å². The minimum atomic E-state index is -0.718. The lowest BCUT2D eigenvalue weighted by molar-refractivity contribution is -0.128. The van der Waals surface area contributed by atoms with Crippen molar-refractivity contribution in [2.75, 3.05) is 90.5 Å². The van der Waals surface area contributed by atoms with Crippen molar-refractivity contribution in [3.8, 4) is 0 Å². The van der Waals surface area contributed by atoms with Gasteiger partial charge in [-0.25, -0.2) is 0 Å². The SMILES string of the molecule is CCCCCCCCCCCCCCCC(=O)NCCOCCOCCNC(=O)CCOCCOCCNC(=O)[C@H](CCCNC(=O)CSC(C)S)NC(=O)CSC(C)C. The molecule has 0 aromatic rings. The van der Waals surface area contributed by atoms with Crippen molar-refractivity contribution in [2.45, 2.75) is 153 Å². The minimum absolute atomic E-state index is 0.0657. The molecule has 60 heavy (non-hydrogen) atoms. The Morgan fingerprint density at radius 1 is 0.483 bits per heavy atom. The lowest BCUT2D eigenvalue weighted by Crippen LogP contribution is -2.48. The maximum atomic E-state index is 12.9. The fourth-order valence-corrected chi connectivity index (χ4v) is 7.00. The van der Waals surface area contributed by atoms with E-state index in [1.165, 1.54) is 94.2 Å². The number of amides is 5. The van der Waals surface area contributed by atoms with Gasteiger partial charge in [-0.3, -0.25) is 24.0 Å². The van der Waals surface area contributed by atoms with Crippen LogP contribution in [0.5, 0.6) is 0 Å². The Morgan fingerprint density at radius 2 is 0.933 bits per heavy atom. The topological polar surface area (TPSA) is 182 Å². The molecule has 0 saturated heterocycles. The second kappa shape index (κ2) is 43.9. The van der Waals surface area contributed by atoms with Gasteiger partial charge in [0.05, 0.1) is 64.4 Å². The molecule has 0 bridgehead atoms. The number of hydrogen-bond donors (Lipinski definition) is 6. The summed E-state index contributed by atoms with van der Waals surface area (Å²) in [6, 6.07) is -0.718. The molecule has 0 fully saturated rings. The number of thiol groups is 1. The van der Waals surface area contributed by atoms with Gasteiger partial charge in [0, 0.05) is 43.6 Å². The van der Waals surface area contributed by atoms with Crippen LogP contribution in [0.15, 0.2) is 0 Å². The van der Waals surface area contributed by atoms with Crippen LogP contribution in [-0.4, -0.2) is 136 Å². The average molecular weight is 910 g/mol. The molecule has 2 atom stereocenters. The molecule has 0 spiro atoms. The number of thioether (sulfide) groups is 2. The van der Waals surface area contributed by atoms with Crippen molar-refractivity contribution in [2.24, 2.45) is 0 Å². The summed E-state index contributed by atoms with van der Waals surface area (Å²) in [4.78, 5) is 61.3. The van der Waals surface area contributed by atoms with Crippen molar-refractivity contribution >= 4 is 65.7 Å². The molecule has 0 saturated carbocycles. The minimum Gasteiger partial charge on any atom is -0.379 e. The van der Waals surface area contributed by atoms with Gasteiger partial charge in [0.1, 0.15) is 6.04 Å². The van der Waals surface area contributed by atoms with Crippen LogP contribution >= 0.6 is 36.2 Å². The van der Waals surface area contributed by atoms with E-state index in [-0.39, 0.29) is 66.1 Å². The Kier molecular flexibility index (Phi) is 42.6. The first-order valence-electron chi connectivity index (χ1n) is 22.6. The zero-order valence-electron chi connectivity index (χ0n) is 37.6. The molecule has 0 aromatic carbocycles. The normalized spacial score (nSPS) is 12.2. The maximum absolute atomic E-state index is 12.9. The van der Waals surface area contributed by atoms with Crippen molar-refractivity contribution in [3.05, 3.63) is 0 Å². The fraction of sp³-hybridized carbons (Fsp3) is 0.884. The van der Waals surface area contributed by atoms with E-state index in [1.54, 1.807) is 0 Å². The van der Waals surface area contributed by atoms with Gasteiger partial charge in [-0.15, -0.1) is 23.5 Å². The molecule has 5 amide bonds. The summed E-state index contributed by atoms with van der Waals surface area (Å²) in [5.74, 6) is -0.0835. The summed E-state index contributed by atoms with van der Waals surface area (Å²) in [7, 11) is 0. The van der Waals surface area contributed by atoms with Gasteiger partial charge in [-0.2, -0.15) is 12.6 Å². The summed E-state index contributed by atoms with van der Waals surface area (Å²) in [5, 5.41) is 14.5. The molecule has 0 aliphatic carbocycles. The highest BCUT2D eigenvalue weighted by atomic mass is 32.2. The molecule has 0 radical (unpaired) electrons. The van der Waals surface area contributed by atoms with Crippen molar-refractivity contribution in [1.29, 1.82) is 0 Å². The van der Waals surface area contributed by atoms with Crippen molar-refractivity contribution < 1.29 is 42.9 Å². The van der Waals surface area contributed by atoms with E-state index >= 15 is 0 Å². The Bertz CT molecular complexity index is 1080. The molecule has 1 unspecified atom stereocenters. The first kappa shape index (κ1) is 58.2. The monoisotopic (exact) mass is 910 g/mol. The summed E-state index contributed by atoms with van der Waals surface area (Å²) >= 11 is 7.19. The van der Waals surface area contributed by atoms with Gasteiger partial charge in [0.25, 0.3) is 0 Å². The van der Waals surface area contributed by atoms with Gasteiger partial charge < -0.3 is 45.5 Å². The number of nitrogens with one attached hydrogen (secondary N) is 5. The van der Waals surface area contributed by atoms with Crippen LogP contribution in [0.25, 0.3) is 0 Å². The highest BCUT2D eigenvalue weighted by Crippen LogP contribution is 2.14. The third-order valence-corrected chi connectivity index (χ3v) is 11.5. The van der Waals surface area contributed by atoms with E-state index in [2.05, 4.69) is 46.1 Å². The van der Waals surface area contributed by atoms with E-state index in [0.29, 0.717) is 89.5 Å². The molecule has 17 heteroatoms. The predicted molar refractivity (Wildman–Crippen MR) is 250 cm³/mol. The molecule has 0 heterocycles. The van der Waals surface area contributed by atoms with Gasteiger partial charge in [-0.1, -0.05) is 97.8 Å². The molecule has 14 nitrogen and oxygen atoms in total. The zero-order chi connectivity index (χ0) is 44.3. The maximum Gasteiger partial charge on any atom is 0.242 e. The lowest BCUT2D eigenvalue weighted by atomic mass is 10.0. The highest BCUT2D eigenvalue weighted by molar-refractivity contribution is 8.10. The summed E-state index contributed by atoms with van der Waals surface area (Å²) in [6.07, 6.45) is 18.5. The number of rotatable bonds is 44. The van der Waals surface area contributed by atoms with Crippen molar-refractivity contribution in [1.82, 2.24) is 26.6 Å². The molecular formula is C43H83N5O9S3. The smallest absolute Gasteiger partial charge is 0.242 e. The van der Waals surface area contributed by atoms with E-state index in [4.69, 9.17) is 18.9 Å². The molecular weight excluding hydrogens is 827 g/mol. The summed E-state index contributed by atoms with van der Waals surface area (Å²) < 4.78 is 22.1. The summed E-state index contributed by atoms with van der Waals surface area (Å²) in [5.41, 5.74) is 0. The quantitative estimate of drug-likeness (QED) is 0.0247. The van der Waals surface area contributed by atoms with E-state index in [1.807, 2.05) is 20.8 Å². The van der Waals surface area contributed by atoms with Crippen LogP contribution in [0.1, 0.15) is 137 Å². The highest BCUT2D eigenvalue weighted by Gasteiger charge is 2.20. The van der Waals surface area contributed by atoms with Crippen LogP contribution in [-0.2, 0) is 42.9 Å². The van der Waals surface area contributed by atoms with Gasteiger partial charge in [0.15, 0.2) is 0 Å². The second-order valence-corrected chi connectivity index (χ2v) is 19.1. The van der Waals surface area contributed by atoms with Crippen LogP contribution in [0.3, 0.4) is 0 Å². The number of carbonyl (C=O) groups is 5. The Labute approximate surface area is 376 Å². The van der Waals surface area contributed by atoms with Gasteiger partial charge in [0.2, 0.25) is 29.5 Å². The fourth-order valence-electron chi connectivity index (χ4n) is 5.71. The average Bonchev–Trinajstić information content (AvgIpc) is 3.21. The predicted octanol–water partition coefficient (Wildman–Crippen LogP) is 5.80. The van der Waals surface area contributed by atoms with Gasteiger partial charge in [-0.05, 0) is 31.4 Å². The van der Waals surface area contributed by atoms with E-state index in [9.17, 15) is 24.0 Å². The Balaban J connectivity index is 3.74. The standard InChI is InChI=1S/C43H83N5O9S3/c1-5-6-7-8-9-10-11-12-13-14-15-16-17-20-39(49)45-23-27-55-32-33-56-28-24-46-40(50)21-26-54-30-31-57-29-25-47-43(53)38(48-42(52)35-59-36(2)3)19-18-22-44-41(51)34-60-37(4)58/h36-38,58H,5-35H2,1-4H3,(H,44,51)(H,45,49)(H,46,50)(H,47,53)(H,48,52)/t37?,38-/m0/s1. The molecule has 0 aliphatic rings. The number of unbranched alkanes of at least 4 members (excludes halogenated alkanes) is 12.